The van der Waals surface area contributed by atoms with Crippen LogP contribution in [0.25, 0.3) is 6.08 Å². The molecule has 0 radical (unpaired) electrons. The first kappa shape index (κ1) is 19.9. The molecular weight excluding hydrogens is 346 g/mol. The Bertz CT molecular complexity index is 918. The second-order valence-corrected chi connectivity index (χ2v) is 6.15. The van der Waals surface area contributed by atoms with E-state index in [0.29, 0.717) is 5.56 Å². The fourth-order valence-corrected chi connectivity index (χ4v) is 2.77. The van der Waals surface area contributed by atoms with E-state index in [-0.39, 0.29) is 17.9 Å². The van der Waals surface area contributed by atoms with Crippen molar-refractivity contribution in [1.82, 2.24) is 4.57 Å². The van der Waals surface area contributed by atoms with Crippen LogP contribution in [0.3, 0.4) is 0 Å². The molecule has 7 nitrogen and oxygen atoms in total. The Balaban J connectivity index is 2.12. The van der Waals surface area contributed by atoms with Gasteiger partial charge in [-0.15, -0.1) is 0 Å². The lowest BCUT2D eigenvalue weighted by molar-refractivity contribution is -0.384. The number of ether oxygens (including phenoxy) is 1. The maximum Gasteiger partial charge on any atom is 0.349 e. The number of hydrogen-bond acceptors (Lipinski definition) is 5. The van der Waals surface area contributed by atoms with Crippen molar-refractivity contribution in [2.45, 2.75) is 40.3 Å². The van der Waals surface area contributed by atoms with E-state index in [1.54, 1.807) is 0 Å². The molecule has 0 bridgehead atoms. The van der Waals surface area contributed by atoms with Crippen molar-refractivity contribution in [3.63, 3.8) is 0 Å². The summed E-state index contributed by atoms with van der Waals surface area (Å²) in [5.41, 5.74) is 3.35. The zero-order chi connectivity index (χ0) is 20.0. The lowest BCUT2D eigenvalue weighted by Gasteiger charge is -2.07. The quantitative estimate of drug-likeness (QED) is 0.241. The summed E-state index contributed by atoms with van der Waals surface area (Å²) in [5.74, 6) is -0.726. The van der Waals surface area contributed by atoms with Gasteiger partial charge in [-0.2, -0.15) is 5.26 Å². The highest BCUT2D eigenvalue weighted by Gasteiger charge is 2.14. The molecule has 2 rings (SSSR count). The summed E-state index contributed by atoms with van der Waals surface area (Å²) in [6.07, 6.45) is 2.52. The monoisotopic (exact) mass is 367 g/mol. The average Bonchev–Trinajstić information content (AvgIpc) is 2.92. The highest BCUT2D eigenvalue weighted by molar-refractivity contribution is 5.98. The summed E-state index contributed by atoms with van der Waals surface area (Å²) in [5, 5.41) is 20.0. The van der Waals surface area contributed by atoms with Gasteiger partial charge in [-0.05, 0) is 55.7 Å². The molecule has 7 heteroatoms. The molecule has 0 aliphatic rings. The first-order chi connectivity index (χ1) is 12.9. The van der Waals surface area contributed by atoms with E-state index in [9.17, 15) is 20.2 Å². The van der Waals surface area contributed by atoms with Gasteiger partial charge in [0.1, 0.15) is 18.2 Å². The minimum absolute atomic E-state index is 0.0369. The fraction of sp³-hybridized carbons (Fsp3) is 0.300. The molecule has 1 aromatic heterocycles. The first-order valence-electron chi connectivity index (χ1n) is 8.56. The lowest BCUT2D eigenvalue weighted by atomic mass is 10.1. The summed E-state index contributed by atoms with van der Waals surface area (Å²) < 4.78 is 7.31. The average molecular weight is 367 g/mol. The van der Waals surface area contributed by atoms with Gasteiger partial charge in [0.25, 0.3) is 5.69 Å². The number of aryl methyl sites for hydroxylation is 1. The standard InChI is InChI=1S/C20H21N3O4/c1-4-9-22-14(2)10-17(15(22)3)11-18(12-21)20(24)27-13-16-5-7-19(8-6-16)23(25)26/h5-8,10-11H,4,9,13H2,1-3H3/b18-11+. The number of benzene rings is 1. The van der Waals surface area contributed by atoms with E-state index in [1.165, 1.54) is 30.3 Å². The van der Waals surface area contributed by atoms with Gasteiger partial charge in [-0.3, -0.25) is 10.1 Å². The summed E-state index contributed by atoms with van der Waals surface area (Å²) >= 11 is 0. The predicted molar refractivity (Wildman–Crippen MR) is 101 cm³/mol. The number of rotatable bonds is 7. The number of carbonyl (C=O) groups is 1. The van der Waals surface area contributed by atoms with Crippen molar-refractivity contribution < 1.29 is 14.5 Å². The van der Waals surface area contributed by atoms with Crippen LogP contribution in [0.5, 0.6) is 0 Å². The largest absolute Gasteiger partial charge is 0.457 e. The smallest absolute Gasteiger partial charge is 0.349 e. The topological polar surface area (TPSA) is 98.2 Å². The SMILES string of the molecule is CCCn1c(C)cc(/C=C(\C#N)C(=O)OCc2ccc([N+](=O)[O-])cc2)c1C. The molecule has 27 heavy (non-hydrogen) atoms. The van der Waals surface area contributed by atoms with Crippen LogP contribution >= 0.6 is 0 Å². The highest BCUT2D eigenvalue weighted by Crippen LogP contribution is 2.19. The van der Waals surface area contributed by atoms with Gasteiger partial charge >= 0.3 is 5.97 Å². The van der Waals surface area contributed by atoms with Crippen LogP contribution in [0.1, 0.15) is 35.9 Å². The number of aromatic nitrogens is 1. The van der Waals surface area contributed by atoms with Crippen molar-refractivity contribution in [3.05, 3.63) is 68.5 Å². The van der Waals surface area contributed by atoms with E-state index < -0.39 is 10.9 Å². The second-order valence-electron chi connectivity index (χ2n) is 6.15. The molecule has 0 aliphatic carbocycles. The molecule has 0 spiro atoms. The Kier molecular flexibility index (Phi) is 6.50. The molecule has 0 N–H and O–H groups in total. The number of nitro groups is 1. The Morgan fingerprint density at radius 3 is 2.56 bits per heavy atom. The van der Waals surface area contributed by atoms with E-state index >= 15 is 0 Å². The molecule has 1 heterocycles. The van der Waals surface area contributed by atoms with Gasteiger partial charge in [-0.1, -0.05) is 6.92 Å². The maximum absolute atomic E-state index is 12.2. The van der Waals surface area contributed by atoms with Crippen LogP contribution in [0.4, 0.5) is 5.69 Å². The van der Waals surface area contributed by atoms with Crippen LogP contribution < -0.4 is 0 Å². The predicted octanol–water partition coefficient (Wildman–Crippen LogP) is 4.07. The minimum atomic E-state index is -0.726. The number of carbonyl (C=O) groups excluding carboxylic acids is 1. The zero-order valence-corrected chi connectivity index (χ0v) is 15.6. The number of nitriles is 1. The molecule has 1 aromatic carbocycles. The van der Waals surface area contributed by atoms with Crippen LogP contribution in [-0.2, 0) is 22.7 Å². The number of esters is 1. The van der Waals surface area contributed by atoms with E-state index in [2.05, 4.69) is 11.5 Å². The molecule has 0 aliphatic heterocycles. The maximum atomic E-state index is 12.2. The molecular formula is C20H21N3O4. The van der Waals surface area contributed by atoms with Gasteiger partial charge in [0, 0.05) is 30.1 Å². The second kappa shape index (κ2) is 8.81. The van der Waals surface area contributed by atoms with E-state index in [4.69, 9.17) is 4.74 Å². The summed E-state index contributed by atoms with van der Waals surface area (Å²) in [7, 11) is 0. The van der Waals surface area contributed by atoms with Crippen molar-refractivity contribution in [3.8, 4) is 6.07 Å². The number of nitrogens with zero attached hydrogens (tertiary/aromatic N) is 3. The summed E-state index contributed by atoms with van der Waals surface area (Å²) in [6.45, 7) is 6.83. The van der Waals surface area contributed by atoms with Crippen LogP contribution in [0.2, 0.25) is 0 Å². The number of hydrogen-bond donors (Lipinski definition) is 0. The minimum Gasteiger partial charge on any atom is -0.457 e. The zero-order valence-electron chi connectivity index (χ0n) is 15.6. The van der Waals surface area contributed by atoms with Crippen molar-refractivity contribution >= 4 is 17.7 Å². The van der Waals surface area contributed by atoms with Crippen molar-refractivity contribution in [2.24, 2.45) is 0 Å². The third-order valence-electron chi connectivity index (χ3n) is 4.22. The Labute approximate surface area is 157 Å². The van der Waals surface area contributed by atoms with Gasteiger partial charge in [0.05, 0.1) is 4.92 Å². The van der Waals surface area contributed by atoms with Gasteiger partial charge in [0.2, 0.25) is 0 Å². The van der Waals surface area contributed by atoms with Crippen LogP contribution in [-0.4, -0.2) is 15.5 Å². The highest BCUT2D eigenvalue weighted by atomic mass is 16.6. The third-order valence-corrected chi connectivity index (χ3v) is 4.22. The first-order valence-corrected chi connectivity index (χ1v) is 8.56. The molecule has 0 amide bonds. The number of non-ortho nitro benzene ring substituents is 1. The normalized spacial score (nSPS) is 11.1. The van der Waals surface area contributed by atoms with Gasteiger partial charge < -0.3 is 9.30 Å². The molecule has 0 fully saturated rings. The Morgan fingerprint density at radius 1 is 1.33 bits per heavy atom. The van der Waals surface area contributed by atoms with Crippen LogP contribution in [0, 0.1) is 35.3 Å². The molecule has 0 atom stereocenters. The van der Waals surface area contributed by atoms with Gasteiger partial charge in [0.15, 0.2) is 0 Å². The molecule has 0 unspecified atom stereocenters. The van der Waals surface area contributed by atoms with Crippen molar-refractivity contribution in [2.75, 3.05) is 0 Å². The molecule has 0 saturated heterocycles. The van der Waals surface area contributed by atoms with Gasteiger partial charge in [-0.25, -0.2) is 4.79 Å². The molecule has 2 aromatic rings. The van der Waals surface area contributed by atoms with Crippen molar-refractivity contribution in [1.29, 1.82) is 5.26 Å². The molecule has 140 valence electrons. The summed E-state index contributed by atoms with van der Waals surface area (Å²) in [4.78, 5) is 22.4. The van der Waals surface area contributed by atoms with Crippen LogP contribution in [0.15, 0.2) is 35.9 Å². The van der Waals surface area contributed by atoms with E-state index in [0.717, 1.165) is 29.9 Å². The third kappa shape index (κ3) is 4.82. The summed E-state index contributed by atoms with van der Waals surface area (Å²) in [6, 6.07) is 9.53. The Morgan fingerprint density at radius 2 is 2.00 bits per heavy atom. The Hall–Kier alpha value is -3.40. The van der Waals surface area contributed by atoms with E-state index in [1.807, 2.05) is 26.0 Å². The molecule has 0 saturated carbocycles. The fourth-order valence-electron chi connectivity index (χ4n) is 2.77. The number of nitro benzene ring substituents is 1. The lowest BCUT2D eigenvalue weighted by Crippen LogP contribution is -2.07.